The number of hydrogen-bond donors (Lipinski definition) is 0. The number of ether oxygens (including phenoxy) is 2. The molecule has 1 aromatic heterocycles. The molecule has 1 aromatic carbocycles. The predicted molar refractivity (Wildman–Crippen MR) is 98.3 cm³/mol. The number of carbonyl (C=O) groups is 1. The van der Waals surface area contributed by atoms with Crippen LogP contribution in [0.15, 0.2) is 22.7 Å². The van der Waals surface area contributed by atoms with Crippen molar-refractivity contribution in [3.05, 3.63) is 41.0 Å². The summed E-state index contributed by atoms with van der Waals surface area (Å²) in [5.74, 6) is 1.38. The molecular weight excluding hydrogens is 332 g/mol. The predicted octanol–water partition coefficient (Wildman–Crippen LogP) is 4.48. The van der Waals surface area contributed by atoms with E-state index in [0.717, 1.165) is 11.1 Å². The fraction of sp³-hybridized carbons (Fsp3) is 0.550. The molecule has 2 rings (SSSR count). The third-order valence-electron chi connectivity index (χ3n) is 3.91. The van der Waals surface area contributed by atoms with E-state index >= 15 is 0 Å². The highest BCUT2D eigenvalue weighted by Crippen LogP contribution is 2.28. The Morgan fingerprint density at radius 2 is 1.92 bits per heavy atom. The maximum absolute atomic E-state index is 12.1. The van der Waals surface area contributed by atoms with Gasteiger partial charge in [0.25, 0.3) is 5.89 Å². The van der Waals surface area contributed by atoms with Crippen LogP contribution >= 0.6 is 0 Å². The number of nitrogens with zero attached hydrogens (tertiary/aromatic N) is 2. The normalized spacial score (nSPS) is 12.9. The Labute approximate surface area is 154 Å². The van der Waals surface area contributed by atoms with Crippen LogP contribution in [0.5, 0.6) is 5.75 Å². The average molecular weight is 360 g/mol. The summed E-state index contributed by atoms with van der Waals surface area (Å²) in [6, 6.07) is 5.99. The fourth-order valence-electron chi connectivity index (χ4n) is 2.37. The highest BCUT2D eigenvalue weighted by atomic mass is 16.6. The Morgan fingerprint density at radius 3 is 2.50 bits per heavy atom. The second-order valence-electron chi connectivity index (χ2n) is 7.82. The van der Waals surface area contributed by atoms with Gasteiger partial charge >= 0.3 is 5.97 Å². The summed E-state index contributed by atoms with van der Waals surface area (Å²) in [5.41, 5.74) is 1.90. The SMILES string of the molecule is Cc1ccc(C(C)C)c(OCC(=O)OC(C)c2nc(C(C)(C)C)no2)c1. The largest absolute Gasteiger partial charge is 0.482 e. The molecule has 1 atom stereocenters. The van der Waals surface area contributed by atoms with Gasteiger partial charge in [-0.05, 0) is 37.0 Å². The van der Waals surface area contributed by atoms with E-state index in [1.54, 1.807) is 6.92 Å². The lowest BCUT2D eigenvalue weighted by atomic mass is 9.96. The molecule has 0 aliphatic heterocycles. The Bertz CT molecular complexity index is 759. The minimum atomic E-state index is -0.628. The molecule has 1 unspecified atom stereocenters. The highest BCUT2D eigenvalue weighted by Gasteiger charge is 2.25. The lowest BCUT2D eigenvalue weighted by molar-refractivity contribution is -0.152. The minimum absolute atomic E-state index is 0.173. The van der Waals surface area contributed by atoms with Gasteiger partial charge in [-0.25, -0.2) is 4.79 Å². The van der Waals surface area contributed by atoms with Gasteiger partial charge < -0.3 is 14.0 Å². The molecule has 0 amide bonds. The van der Waals surface area contributed by atoms with Crippen LogP contribution in [0.1, 0.15) is 76.4 Å². The number of hydrogen-bond acceptors (Lipinski definition) is 6. The first-order chi connectivity index (χ1) is 12.1. The quantitative estimate of drug-likeness (QED) is 0.707. The van der Waals surface area contributed by atoms with E-state index in [4.69, 9.17) is 14.0 Å². The topological polar surface area (TPSA) is 74.5 Å². The van der Waals surface area contributed by atoms with E-state index < -0.39 is 12.1 Å². The van der Waals surface area contributed by atoms with E-state index in [1.807, 2.05) is 45.9 Å². The lowest BCUT2D eigenvalue weighted by Crippen LogP contribution is -2.18. The smallest absolute Gasteiger partial charge is 0.344 e. The Balaban J connectivity index is 1.97. The van der Waals surface area contributed by atoms with Gasteiger partial charge in [-0.15, -0.1) is 0 Å². The van der Waals surface area contributed by atoms with Crippen LogP contribution in [-0.4, -0.2) is 22.7 Å². The van der Waals surface area contributed by atoms with Gasteiger partial charge in [0.1, 0.15) is 5.75 Å². The van der Waals surface area contributed by atoms with Gasteiger partial charge in [0, 0.05) is 5.41 Å². The number of esters is 1. The molecule has 0 saturated heterocycles. The minimum Gasteiger partial charge on any atom is -0.482 e. The van der Waals surface area contributed by atoms with Gasteiger partial charge in [-0.3, -0.25) is 0 Å². The van der Waals surface area contributed by atoms with Crippen molar-refractivity contribution in [3.63, 3.8) is 0 Å². The number of aromatic nitrogens is 2. The van der Waals surface area contributed by atoms with Gasteiger partial charge in [-0.2, -0.15) is 4.98 Å². The van der Waals surface area contributed by atoms with Crippen LogP contribution in [0.25, 0.3) is 0 Å². The fourth-order valence-corrected chi connectivity index (χ4v) is 2.37. The molecule has 6 heteroatoms. The molecule has 26 heavy (non-hydrogen) atoms. The van der Waals surface area contributed by atoms with Gasteiger partial charge in [-0.1, -0.05) is 51.9 Å². The molecule has 0 aliphatic rings. The van der Waals surface area contributed by atoms with Gasteiger partial charge in [0.15, 0.2) is 18.5 Å². The van der Waals surface area contributed by atoms with Crippen molar-refractivity contribution in [2.75, 3.05) is 6.61 Å². The Hall–Kier alpha value is -2.37. The molecular formula is C20H28N2O4. The van der Waals surface area contributed by atoms with Gasteiger partial charge in [0.2, 0.25) is 0 Å². The van der Waals surface area contributed by atoms with Crippen LogP contribution < -0.4 is 4.74 Å². The molecule has 0 bridgehead atoms. The molecule has 0 aliphatic carbocycles. The third kappa shape index (κ3) is 5.07. The van der Waals surface area contributed by atoms with Gasteiger partial charge in [0.05, 0.1) is 0 Å². The van der Waals surface area contributed by atoms with Crippen LogP contribution in [0.4, 0.5) is 0 Å². The summed E-state index contributed by atoms with van der Waals surface area (Å²) in [5, 5.41) is 3.94. The number of carbonyl (C=O) groups excluding carboxylic acids is 1. The second kappa shape index (κ2) is 7.89. The second-order valence-corrected chi connectivity index (χ2v) is 7.82. The molecule has 142 valence electrons. The standard InChI is InChI=1S/C20H28N2O4/c1-12(2)15-9-8-13(3)10-16(15)24-11-17(23)25-14(4)18-21-19(22-26-18)20(5,6)7/h8-10,12,14H,11H2,1-7H3. The van der Waals surface area contributed by atoms with E-state index in [1.165, 1.54) is 0 Å². The highest BCUT2D eigenvalue weighted by molar-refractivity contribution is 5.71. The van der Waals surface area contributed by atoms with Crippen LogP contribution in [0.3, 0.4) is 0 Å². The number of rotatable bonds is 6. The van der Waals surface area contributed by atoms with Crippen LogP contribution in [0, 0.1) is 6.92 Å². The molecule has 0 saturated carbocycles. The molecule has 2 aromatic rings. The van der Waals surface area contributed by atoms with Crippen molar-refractivity contribution < 1.29 is 18.8 Å². The molecule has 0 N–H and O–H groups in total. The first-order valence-electron chi connectivity index (χ1n) is 8.85. The number of aryl methyl sites for hydroxylation is 1. The Kier molecular flexibility index (Phi) is 6.05. The zero-order chi connectivity index (χ0) is 19.5. The van der Waals surface area contributed by atoms with Crippen LogP contribution in [0.2, 0.25) is 0 Å². The van der Waals surface area contributed by atoms with Crippen molar-refractivity contribution in [2.45, 2.75) is 65.9 Å². The summed E-state index contributed by atoms with van der Waals surface area (Å²) in [6.07, 6.45) is -0.628. The molecule has 0 radical (unpaired) electrons. The third-order valence-corrected chi connectivity index (χ3v) is 3.91. The monoisotopic (exact) mass is 360 g/mol. The molecule has 0 fully saturated rings. The summed E-state index contributed by atoms with van der Waals surface area (Å²) in [4.78, 5) is 16.4. The lowest BCUT2D eigenvalue weighted by Gasteiger charge is -2.15. The molecule has 0 spiro atoms. The first-order valence-corrected chi connectivity index (χ1v) is 8.85. The van der Waals surface area contributed by atoms with Crippen molar-refractivity contribution >= 4 is 5.97 Å². The van der Waals surface area contributed by atoms with E-state index in [9.17, 15) is 4.79 Å². The van der Waals surface area contributed by atoms with E-state index in [2.05, 4.69) is 24.0 Å². The summed E-state index contributed by atoms with van der Waals surface area (Å²) in [7, 11) is 0. The zero-order valence-electron chi connectivity index (χ0n) is 16.6. The summed E-state index contributed by atoms with van der Waals surface area (Å²) in [6.45, 7) is 13.6. The number of benzene rings is 1. The van der Waals surface area contributed by atoms with Crippen LogP contribution in [-0.2, 0) is 14.9 Å². The molecule has 1 heterocycles. The van der Waals surface area contributed by atoms with Crippen molar-refractivity contribution in [2.24, 2.45) is 0 Å². The first kappa shape index (κ1) is 19.9. The summed E-state index contributed by atoms with van der Waals surface area (Å²) >= 11 is 0. The van der Waals surface area contributed by atoms with E-state index in [0.29, 0.717) is 17.5 Å². The van der Waals surface area contributed by atoms with Crippen molar-refractivity contribution in [1.82, 2.24) is 10.1 Å². The maximum Gasteiger partial charge on any atom is 0.344 e. The average Bonchev–Trinajstić information content (AvgIpc) is 3.03. The summed E-state index contributed by atoms with van der Waals surface area (Å²) < 4.78 is 16.3. The van der Waals surface area contributed by atoms with E-state index in [-0.39, 0.29) is 17.9 Å². The van der Waals surface area contributed by atoms with Crippen molar-refractivity contribution in [3.8, 4) is 5.75 Å². The zero-order valence-corrected chi connectivity index (χ0v) is 16.6. The van der Waals surface area contributed by atoms with Crippen molar-refractivity contribution in [1.29, 1.82) is 0 Å². The Morgan fingerprint density at radius 1 is 1.23 bits per heavy atom. The maximum atomic E-state index is 12.1. The molecule has 6 nitrogen and oxygen atoms in total.